The summed E-state index contributed by atoms with van der Waals surface area (Å²) in [6.45, 7) is 2.01. The van der Waals surface area contributed by atoms with E-state index in [4.69, 9.17) is 0 Å². The van der Waals surface area contributed by atoms with Crippen LogP contribution < -0.4 is 10.6 Å². The summed E-state index contributed by atoms with van der Waals surface area (Å²) in [4.78, 5) is 24.1. The average molecular weight is 387 g/mol. The van der Waals surface area contributed by atoms with Gasteiger partial charge in [0.1, 0.15) is 5.25 Å². The van der Waals surface area contributed by atoms with Crippen molar-refractivity contribution < 1.29 is 22.8 Å². The van der Waals surface area contributed by atoms with E-state index in [0.29, 0.717) is 12.1 Å². The summed E-state index contributed by atoms with van der Waals surface area (Å²) >= 11 is 0.771. The summed E-state index contributed by atoms with van der Waals surface area (Å²) in [6.07, 6.45) is -4.66. The van der Waals surface area contributed by atoms with Gasteiger partial charge in [-0.25, -0.2) is 4.79 Å². The highest BCUT2D eigenvalue weighted by Crippen LogP contribution is 2.36. The third-order valence-electron chi connectivity index (χ3n) is 3.23. The predicted molar refractivity (Wildman–Crippen MR) is 88.3 cm³/mol. The molecule has 0 unspecified atom stereocenters. The molecule has 1 atom stereocenters. The van der Waals surface area contributed by atoms with Gasteiger partial charge in [-0.15, -0.1) is 10.2 Å². The van der Waals surface area contributed by atoms with Gasteiger partial charge in [0.05, 0.1) is 0 Å². The Morgan fingerprint density at radius 1 is 1.23 bits per heavy atom. The van der Waals surface area contributed by atoms with Gasteiger partial charge in [-0.05, 0) is 12.5 Å². The van der Waals surface area contributed by atoms with Crippen LogP contribution in [0.4, 0.5) is 18.0 Å². The van der Waals surface area contributed by atoms with Crippen molar-refractivity contribution in [2.45, 2.75) is 23.5 Å². The van der Waals surface area contributed by atoms with Crippen molar-refractivity contribution in [1.29, 1.82) is 0 Å². The second-order valence-corrected chi connectivity index (χ2v) is 6.19. The van der Waals surface area contributed by atoms with E-state index in [2.05, 4.69) is 20.8 Å². The molecule has 1 aromatic heterocycles. The highest BCUT2D eigenvalue weighted by atomic mass is 32.2. The van der Waals surface area contributed by atoms with Crippen LogP contribution in [0, 0.1) is 0 Å². The van der Waals surface area contributed by atoms with Gasteiger partial charge in [0.25, 0.3) is 0 Å². The van der Waals surface area contributed by atoms with E-state index >= 15 is 0 Å². The highest BCUT2D eigenvalue weighted by molar-refractivity contribution is 8.00. The minimum Gasteiger partial charge on any atom is -0.338 e. The maximum atomic E-state index is 12.9. The zero-order valence-corrected chi connectivity index (χ0v) is 14.7. The van der Waals surface area contributed by atoms with Crippen LogP contribution in [-0.4, -0.2) is 33.2 Å². The van der Waals surface area contributed by atoms with Crippen LogP contribution in [0.1, 0.15) is 23.6 Å². The molecule has 0 aliphatic rings. The summed E-state index contributed by atoms with van der Waals surface area (Å²) in [5, 5.41) is 10.2. The minimum absolute atomic E-state index is 0.0998. The second-order valence-electron chi connectivity index (χ2n) is 5.12. The fraction of sp³-hybridized carbons (Fsp3) is 0.333. The van der Waals surface area contributed by atoms with Crippen LogP contribution in [0.2, 0.25) is 0 Å². The maximum absolute atomic E-state index is 12.9. The van der Waals surface area contributed by atoms with E-state index in [0.717, 1.165) is 23.4 Å². The van der Waals surface area contributed by atoms with E-state index in [1.807, 2.05) is 0 Å². The number of nitrogens with zero attached hydrogens (tertiary/aromatic N) is 3. The first-order valence-electron chi connectivity index (χ1n) is 7.51. The molecule has 1 heterocycles. The molecule has 0 aliphatic carbocycles. The Kier molecular flexibility index (Phi) is 6.24. The van der Waals surface area contributed by atoms with Crippen molar-refractivity contribution in [2.24, 2.45) is 7.05 Å². The molecule has 2 N–H and O–H groups in total. The monoisotopic (exact) mass is 387 g/mol. The molecule has 1 aromatic carbocycles. The summed E-state index contributed by atoms with van der Waals surface area (Å²) in [7, 11) is 1.16. The Balaban J connectivity index is 2.30. The molecular weight excluding hydrogens is 371 g/mol. The number of benzene rings is 1. The number of alkyl halides is 3. The SMILES string of the molecule is CCNC(=O)NC(=O)[C@H](Sc1nnc(C(F)(F)F)n1C)c1ccccc1. The van der Waals surface area contributed by atoms with Crippen LogP contribution in [0.5, 0.6) is 0 Å². The number of hydrogen-bond donors (Lipinski definition) is 2. The first kappa shape index (κ1) is 19.8. The molecule has 2 aromatic rings. The zero-order valence-electron chi connectivity index (χ0n) is 13.9. The lowest BCUT2D eigenvalue weighted by molar-refractivity contribution is -0.147. The number of aromatic nitrogens is 3. The van der Waals surface area contributed by atoms with Crippen molar-refractivity contribution in [3.8, 4) is 0 Å². The van der Waals surface area contributed by atoms with Gasteiger partial charge in [0.2, 0.25) is 11.7 Å². The minimum atomic E-state index is -4.66. The number of halogens is 3. The molecule has 0 bridgehead atoms. The van der Waals surface area contributed by atoms with E-state index in [1.54, 1.807) is 37.3 Å². The molecule has 11 heteroatoms. The third kappa shape index (κ3) is 4.75. The van der Waals surface area contributed by atoms with Gasteiger partial charge in [0.15, 0.2) is 5.16 Å². The van der Waals surface area contributed by atoms with Gasteiger partial charge in [0, 0.05) is 13.6 Å². The molecule has 0 spiro atoms. The first-order valence-corrected chi connectivity index (χ1v) is 8.39. The van der Waals surface area contributed by atoms with Gasteiger partial charge >= 0.3 is 12.2 Å². The largest absolute Gasteiger partial charge is 0.451 e. The van der Waals surface area contributed by atoms with Gasteiger partial charge in [-0.1, -0.05) is 42.1 Å². The molecular formula is C15H16F3N5O2S. The summed E-state index contributed by atoms with van der Waals surface area (Å²) in [5.74, 6) is -1.85. The summed E-state index contributed by atoms with van der Waals surface area (Å²) < 4.78 is 39.4. The smallest absolute Gasteiger partial charge is 0.338 e. The Bertz CT molecular complexity index is 779. The number of nitrogens with one attached hydrogen (secondary N) is 2. The van der Waals surface area contributed by atoms with Crippen molar-refractivity contribution in [1.82, 2.24) is 25.4 Å². The van der Waals surface area contributed by atoms with Crippen LogP contribution in [0.3, 0.4) is 0 Å². The molecule has 0 saturated heterocycles. The Labute approximate surface area is 151 Å². The first-order chi connectivity index (χ1) is 12.2. The molecule has 0 fully saturated rings. The highest BCUT2D eigenvalue weighted by Gasteiger charge is 2.38. The molecule has 0 radical (unpaired) electrons. The summed E-state index contributed by atoms with van der Waals surface area (Å²) in [6, 6.07) is 7.68. The number of hydrogen-bond acceptors (Lipinski definition) is 5. The normalized spacial score (nSPS) is 12.5. The van der Waals surface area contributed by atoms with Crippen LogP contribution >= 0.6 is 11.8 Å². The predicted octanol–water partition coefficient (Wildman–Crippen LogP) is 2.51. The number of urea groups is 1. The number of thioether (sulfide) groups is 1. The lowest BCUT2D eigenvalue weighted by Gasteiger charge is -2.16. The van der Waals surface area contributed by atoms with Gasteiger partial charge in [-0.2, -0.15) is 13.2 Å². The number of amides is 3. The standard InChI is InChI=1S/C15H16F3N5O2S/c1-3-19-13(25)20-11(24)10(9-7-5-4-6-8-9)26-14-22-21-12(23(14)2)15(16,17)18/h4-8,10H,3H2,1-2H3,(H2,19,20,24,25)/t10-/m1/s1. The Morgan fingerprint density at radius 3 is 2.42 bits per heavy atom. The molecule has 2 rings (SSSR count). The van der Waals surface area contributed by atoms with Crippen LogP contribution in [0.25, 0.3) is 0 Å². The van der Waals surface area contributed by atoms with Gasteiger partial charge < -0.3 is 9.88 Å². The molecule has 26 heavy (non-hydrogen) atoms. The Hall–Kier alpha value is -2.56. The van der Waals surface area contributed by atoms with Crippen LogP contribution in [0.15, 0.2) is 35.5 Å². The Morgan fingerprint density at radius 2 is 1.88 bits per heavy atom. The number of carbonyl (C=O) groups excluding carboxylic acids is 2. The number of imide groups is 1. The third-order valence-corrected chi connectivity index (χ3v) is 4.51. The maximum Gasteiger partial charge on any atom is 0.451 e. The number of carbonyl (C=O) groups is 2. The van der Waals surface area contributed by atoms with E-state index in [-0.39, 0.29) is 5.16 Å². The van der Waals surface area contributed by atoms with Crippen molar-refractivity contribution in [3.05, 3.63) is 41.7 Å². The molecule has 3 amide bonds. The summed E-state index contributed by atoms with van der Waals surface area (Å²) in [5.41, 5.74) is 0.510. The molecule has 7 nitrogen and oxygen atoms in total. The molecule has 140 valence electrons. The zero-order chi connectivity index (χ0) is 19.3. The molecule has 0 aliphatic heterocycles. The van der Waals surface area contributed by atoms with E-state index in [1.165, 1.54) is 0 Å². The lowest BCUT2D eigenvalue weighted by Crippen LogP contribution is -2.41. The average Bonchev–Trinajstić information content (AvgIpc) is 2.94. The fourth-order valence-corrected chi connectivity index (χ4v) is 3.06. The fourth-order valence-electron chi connectivity index (χ4n) is 2.05. The second kappa shape index (κ2) is 8.21. The quantitative estimate of drug-likeness (QED) is 0.770. The van der Waals surface area contributed by atoms with Gasteiger partial charge in [-0.3, -0.25) is 10.1 Å². The molecule has 0 saturated carbocycles. The van der Waals surface area contributed by atoms with Crippen molar-refractivity contribution >= 4 is 23.7 Å². The van der Waals surface area contributed by atoms with E-state index < -0.39 is 29.2 Å². The lowest BCUT2D eigenvalue weighted by atomic mass is 10.1. The van der Waals surface area contributed by atoms with E-state index in [9.17, 15) is 22.8 Å². The van der Waals surface area contributed by atoms with Crippen molar-refractivity contribution in [3.63, 3.8) is 0 Å². The number of rotatable bonds is 5. The van der Waals surface area contributed by atoms with Crippen LogP contribution in [-0.2, 0) is 18.0 Å². The topological polar surface area (TPSA) is 88.9 Å². The van der Waals surface area contributed by atoms with Crippen molar-refractivity contribution in [2.75, 3.05) is 6.54 Å².